The van der Waals surface area contributed by atoms with E-state index >= 15 is 0 Å². The number of terminal acetylenes is 1. The van der Waals surface area contributed by atoms with Crippen molar-refractivity contribution in [3.8, 4) is 18.6 Å². The van der Waals surface area contributed by atoms with Crippen LogP contribution in [0.4, 0.5) is 4.39 Å². The number of halogens is 1. The minimum atomic E-state index is -0.317. The van der Waals surface area contributed by atoms with Gasteiger partial charge in [-0.1, -0.05) is 26.8 Å². The summed E-state index contributed by atoms with van der Waals surface area (Å²) in [7, 11) is 1.69. The van der Waals surface area contributed by atoms with E-state index in [2.05, 4.69) is 45.5 Å². The molecular weight excluding hydrogens is 457 g/mol. The molecule has 3 N–H and O–H groups in total. The van der Waals surface area contributed by atoms with Gasteiger partial charge in [0.05, 0.1) is 11.8 Å². The fourth-order valence-electron chi connectivity index (χ4n) is 2.62. The van der Waals surface area contributed by atoms with Crippen molar-refractivity contribution >= 4 is 12.3 Å². The van der Waals surface area contributed by atoms with Gasteiger partial charge in [0.25, 0.3) is 0 Å². The number of benzene rings is 1. The van der Waals surface area contributed by atoms with Crippen molar-refractivity contribution in [3.05, 3.63) is 54.6 Å². The molecule has 1 aromatic carbocycles. The molecule has 0 saturated carbocycles. The molecule has 0 aliphatic rings. The number of likely N-dealkylation sites (N-methyl/N-ethyl adjacent to an activating group) is 1. The summed E-state index contributed by atoms with van der Waals surface area (Å²) in [6.07, 6.45) is 15.9. The van der Waals surface area contributed by atoms with E-state index in [1.165, 1.54) is 18.6 Å². The number of nitrogens with zero attached hydrogens (tertiary/aromatic N) is 1. The van der Waals surface area contributed by atoms with Crippen molar-refractivity contribution in [2.75, 3.05) is 7.05 Å². The highest BCUT2D eigenvalue weighted by Crippen LogP contribution is 2.16. The molecule has 2 amide bonds. The van der Waals surface area contributed by atoms with E-state index in [4.69, 9.17) is 10.5 Å². The van der Waals surface area contributed by atoms with E-state index in [0.717, 1.165) is 25.0 Å². The van der Waals surface area contributed by atoms with E-state index in [9.17, 15) is 14.0 Å². The van der Waals surface area contributed by atoms with E-state index in [0.29, 0.717) is 17.7 Å². The van der Waals surface area contributed by atoms with Gasteiger partial charge in [0.15, 0.2) is 0 Å². The molecule has 0 saturated heterocycles. The third-order valence-corrected chi connectivity index (χ3v) is 5.26. The first kappa shape index (κ1) is 37.4. The Kier molecular flexibility index (Phi) is 24.6. The lowest BCUT2D eigenvalue weighted by Crippen LogP contribution is -2.39. The highest BCUT2D eigenvalue weighted by molar-refractivity contribution is 5.79. The van der Waals surface area contributed by atoms with Gasteiger partial charge in [-0.15, -0.1) is 19.4 Å². The van der Waals surface area contributed by atoms with Gasteiger partial charge in [-0.25, -0.2) is 4.39 Å². The van der Waals surface area contributed by atoms with Crippen LogP contribution in [0.1, 0.15) is 67.7 Å². The lowest BCUT2D eigenvalue weighted by Gasteiger charge is -2.31. The Balaban J connectivity index is -0.000000463. The molecule has 0 spiro atoms. The van der Waals surface area contributed by atoms with Crippen LogP contribution in [-0.2, 0) is 9.59 Å². The van der Waals surface area contributed by atoms with Crippen LogP contribution in [0.5, 0.6) is 5.75 Å². The zero-order chi connectivity index (χ0) is 28.7. The van der Waals surface area contributed by atoms with Crippen LogP contribution in [0.15, 0.2) is 48.8 Å². The zero-order valence-corrected chi connectivity index (χ0v) is 23.5. The number of amides is 2. The van der Waals surface area contributed by atoms with Gasteiger partial charge in [0.1, 0.15) is 11.6 Å². The molecule has 0 bridgehead atoms. The molecular formula is C29H48FN3O3. The van der Waals surface area contributed by atoms with Crippen LogP contribution in [0.2, 0.25) is 0 Å². The smallest absolute Gasteiger partial charge is 0.234 e. The van der Waals surface area contributed by atoms with E-state index in [1.54, 1.807) is 26.1 Å². The van der Waals surface area contributed by atoms with E-state index in [-0.39, 0.29) is 23.8 Å². The van der Waals surface area contributed by atoms with Crippen LogP contribution < -0.4 is 15.8 Å². The van der Waals surface area contributed by atoms with Gasteiger partial charge in [-0.2, -0.15) is 0 Å². The fourth-order valence-corrected chi connectivity index (χ4v) is 2.62. The molecule has 0 aliphatic carbocycles. The number of allylic oxidation sites excluding steroid dienone is 2. The molecule has 0 aliphatic heterocycles. The maximum Gasteiger partial charge on any atom is 0.234 e. The Hall–Kier alpha value is -3.11. The third-order valence-electron chi connectivity index (χ3n) is 5.26. The largest absolute Gasteiger partial charge is 0.462 e. The summed E-state index contributed by atoms with van der Waals surface area (Å²) < 4.78 is 17.7. The summed E-state index contributed by atoms with van der Waals surface area (Å²) in [6.45, 7) is 17.8. The second kappa shape index (κ2) is 23.6. The molecule has 1 aromatic rings. The molecule has 0 aromatic heterocycles. The molecule has 0 radical (unpaired) electrons. The highest BCUT2D eigenvalue weighted by atomic mass is 19.1. The average Bonchev–Trinajstić information content (AvgIpc) is 2.88. The SMILES string of the molecule is C#C.C/C=C(\C)Oc1ccc(F)cc1.C=CC(C)N(C=O)C(CC)CCC(C)C.CNC(C)C(N)=O. The summed E-state index contributed by atoms with van der Waals surface area (Å²) in [6, 6.07) is 6.24. The lowest BCUT2D eigenvalue weighted by molar-refractivity contribution is -0.121. The van der Waals surface area contributed by atoms with Crippen LogP contribution in [-0.4, -0.2) is 42.4 Å². The number of hydrogen-bond acceptors (Lipinski definition) is 4. The Morgan fingerprint density at radius 2 is 1.72 bits per heavy atom. The molecule has 6 nitrogen and oxygen atoms in total. The monoisotopic (exact) mass is 505 g/mol. The number of ether oxygens (including phenoxy) is 1. The summed E-state index contributed by atoms with van der Waals surface area (Å²) >= 11 is 0. The quantitative estimate of drug-likeness (QED) is 0.165. The predicted octanol–water partition coefficient (Wildman–Crippen LogP) is 5.69. The first-order valence-corrected chi connectivity index (χ1v) is 12.2. The third kappa shape index (κ3) is 19.2. The van der Waals surface area contributed by atoms with E-state index < -0.39 is 0 Å². The van der Waals surface area contributed by atoms with Gasteiger partial charge >= 0.3 is 0 Å². The predicted molar refractivity (Wildman–Crippen MR) is 150 cm³/mol. The second-order valence-electron chi connectivity index (χ2n) is 8.43. The molecule has 36 heavy (non-hydrogen) atoms. The van der Waals surface area contributed by atoms with Crippen LogP contribution in [0.3, 0.4) is 0 Å². The van der Waals surface area contributed by atoms with Gasteiger partial charge in [0, 0.05) is 12.1 Å². The van der Waals surface area contributed by atoms with Gasteiger partial charge in [-0.3, -0.25) is 9.59 Å². The number of nitrogens with one attached hydrogen (secondary N) is 1. The van der Waals surface area contributed by atoms with Crippen LogP contribution in [0, 0.1) is 24.6 Å². The van der Waals surface area contributed by atoms with Crippen molar-refractivity contribution in [1.29, 1.82) is 0 Å². The Labute approximate surface area is 219 Å². The van der Waals surface area contributed by atoms with E-state index in [1.807, 2.05) is 37.8 Å². The number of nitrogens with two attached hydrogens (primary N) is 1. The van der Waals surface area contributed by atoms with Gasteiger partial charge < -0.3 is 20.7 Å². The summed E-state index contributed by atoms with van der Waals surface area (Å²) in [4.78, 5) is 23.0. The van der Waals surface area contributed by atoms with Crippen LogP contribution >= 0.6 is 0 Å². The minimum absolute atomic E-state index is 0.139. The van der Waals surface area contributed by atoms with Gasteiger partial charge in [-0.05, 0) is 90.3 Å². The number of primary amides is 1. The molecule has 1 rings (SSSR count). The molecule has 3 atom stereocenters. The Bertz CT molecular complexity index is 761. The first-order valence-electron chi connectivity index (χ1n) is 12.2. The average molecular weight is 506 g/mol. The standard InChI is InChI=1S/C13H25NO.C10H11FO.C4H10N2O.C2H2/c1-6-12(5)14(10-15)13(7-2)9-8-11(3)4;1-3-8(2)12-10-6-4-9(11)5-7-10;1-3(6-2)4(5)7;1-2/h6,10-13H,1,7-9H2,2-5H3;3-7H,1-2H3;3,6H,1-2H3,(H2,5,7);1-2H/b;8-3+;;. The minimum Gasteiger partial charge on any atom is -0.462 e. The van der Waals surface area contributed by atoms with Crippen molar-refractivity contribution in [1.82, 2.24) is 10.2 Å². The lowest BCUT2D eigenvalue weighted by atomic mass is 10.00. The van der Waals surface area contributed by atoms with Crippen molar-refractivity contribution in [3.63, 3.8) is 0 Å². The second-order valence-corrected chi connectivity index (χ2v) is 8.43. The van der Waals surface area contributed by atoms with Crippen molar-refractivity contribution < 1.29 is 18.7 Å². The molecule has 3 unspecified atom stereocenters. The maximum atomic E-state index is 12.4. The summed E-state index contributed by atoms with van der Waals surface area (Å²) in [5, 5.41) is 2.69. The molecule has 0 heterocycles. The number of carbonyl (C=O) groups is 2. The number of hydrogen-bond donors (Lipinski definition) is 2. The van der Waals surface area contributed by atoms with Gasteiger partial charge in [0.2, 0.25) is 12.3 Å². The Morgan fingerprint density at radius 3 is 2.03 bits per heavy atom. The van der Waals surface area contributed by atoms with Crippen LogP contribution in [0.25, 0.3) is 0 Å². The molecule has 204 valence electrons. The molecule has 7 heteroatoms. The first-order chi connectivity index (χ1) is 17.0. The zero-order valence-electron chi connectivity index (χ0n) is 23.5. The number of carbonyl (C=O) groups excluding carboxylic acids is 2. The molecule has 0 fully saturated rings. The summed E-state index contributed by atoms with van der Waals surface area (Å²) in [5.74, 6) is 1.60. The van der Waals surface area contributed by atoms with Crippen molar-refractivity contribution in [2.45, 2.75) is 85.9 Å². The fraction of sp³-hybridized carbons (Fsp3) is 0.517. The number of rotatable bonds is 12. The highest BCUT2D eigenvalue weighted by Gasteiger charge is 2.18. The van der Waals surface area contributed by atoms with Crippen molar-refractivity contribution in [2.24, 2.45) is 11.7 Å². The topological polar surface area (TPSA) is 84.7 Å². The normalized spacial score (nSPS) is 12.6. The maximum absolute atomic E-state index is 12.4. The summed E-state index contributed by atoms with van der Waals surface area (Å²) in [5.41, 5.74) is 4.85. The Morgan fingerprint density at radius 1 is 1.19 bits per heavy atom.